The van der Waals surface area contributed by atoms with E-state index in [-0.39, 0.29) is 6.61 Å². The summed E-state index contributed by atoms with van der Waals surface area (Å²) in [6, 6.07) is -2.31. The first-order valence-corrected chi connectivity index (χ1v) is 4.36. The number of amides is 1. The fourth-order valence-corrected chi connectivity index (χ4v) is 0.904. The highest BCUT2D eigenvalue weighted by Gasteiger charge is 2.26. The monoisotopic (exact) mass is 220 g/mol. The Hall–Kier alpha value is -1.18. The zero-order chi connectivity index (χ0) is 12.0. The molecule has 5 N–H and O–H groups in total. The molecular weight excluding hydrogens is 204 g/mol. The third kappa shape index (κ3) is 4.73. The fourth-order valence-electron chi connectivity index (χ4n) is 0.904. The molecule has 15 heavy (non-hydrogen) atoms. The van der Waals surface area contributed by atoms with Crippen LogP contribution in [0.25, 0.3) is 0 Å². The first-order valence-electron chi connectivity index (χ1n) is 4.36. The summed E-state index contributed by atoms with van der Waals surface area (Å²) in [4.78, 5) is 21.9. The maximum absolute atomic E-state index is 11.3. The molecule has 88 valence electrons. The van der Waals surface area contributed by atoms with Crippen molar-refractivity contribution in [2.75, 3.05) is 13.7 Å². The average Bonchev–Trinajstić information content (AvgIpc) is 2.12. The fraction of sp³-hybridized carbons (Fsp3) is 0.750. The summed E-state index contributed by atoms with van der Waals surface area (Å²) in [5.41, 5.74) is 5.36. The van der Waals surface area contributed by atoms with Gasteiger partial charge in [0.1, 0.15) is 6.04 Å². The highest BCUT2D eigenvalue weighted by molar-refractivity contribution is 5.87. The maximum Gasteiger partial charge on any atom is 0.328 e. The van der Waals surface area contributed by atoms with Crippen molar-refractivity contribution in [1.29, 1.82) is 0 Å². The number of aliphatic carboxylic acids is 1. The number of methoxy groups -OCH3 is 1. The van der Waals surface area contributed by atoms with Gasteiger partial charge in [-0.25, -0.2) is 4.79 Å². The number of nitrogens with two attached hydrogens (primary N) is 1. The second-order valence-corrected chi connectivity index (χ2v) is 3.13. The van der Waals surface area contributed by atoms with Gasteiger partial charge in [-0.3, -0.25) is 4.79 Å². The second kappa shape index (κ2) is 6.33. The largest absolute Gasteiger partial charge is 0.480 e. The Bertz CT molecular complexity index is 231. The predicted molar refractivity (Wildman–Crippen MR) is 51.1 cm³/mol. The van der Waals surface area contributed by atoms with Crippen molar-refractivity contribution >= 4 is 11.9 Å². The zero-order valence-electron chi connectivity index (χ0n) is 8.64. The van der Waals surface area contributed by atoms with Crippen molar-refractivity contribution in [2.45, 2.75) is 25.1 Å². The predicted octanol–water partition coefficient (Wildman–Crippen LogP) is -2.09. The lowest BCUT2D eigenvalue weighted by molar-refractivity contribution is -0.145. The van der Waals surface area contributed by atoms with E-state index >= 15 is 0 Å². The van der Waals surface area contributed by atoms with E-state index in [1.54, 1.807) is 0 Å². The molecule has 7 nitrogen and oxygen atoms in total. The van der Waals surface area contributed by atoms with Crippen LogP contribution in [0.5, 0.6) is 0 Å². The van der Waals surface area contributed by atoms with Gasteiger partial charge in [0.15, 0.2) is 6.04 Å². The van der Waals surface area contributed by atoms with Crippen LogP contribution in [0.2, 0.25) is 0 Å². The van der Waals surface area contributed by atoms with Gasteiger partial charge in [-0.05, 0) is 6.92 Å². The number of ether oxygens (including phenoxy) is 1. The molecule has 3 atom stereocenters. The molecule has 0 fully saturated rings. The molecule has 0 aliphatic rings. The van der Waals surface area contributed by atoms with Crippen LogP contribution in [0, 0.1) is 0 Å². The Kier molecular flexibility index (Phi) is 5.83. The molecule has 0 bridgehead atoms. The molecule has 7 heteroatoms. The van der Waals surface area contributed by atoms with Crippen LogP contribution >= 0.6 is 0 Å². The minimum Gasteiger partial charge on any atom is -0.480 e. The van der Waals surface area contributed by atoms with Gasteiger partial charge < -0.3 is 26.0 Å². The van der Waals surface area contributed by atoms with Crippen LogP contribution in [0.3, 0.4) is 0 Å². The summed E-state index contributed by atoms with van der Waals surface area (Å²) in [5.74, 6) is -1.99. The topological polar surface area (TPSA) is 122 Å². The number of hydrogen-bond acceptors (Lipinski definition) is 5. The molecule has 0 aliphatic heterocycles. The molecule has 3 unspecified atom stereocenters. The molecule has 0 spiro atoms. The van der Waals surface area contributed by atoms with Gasteiger partial charge >= 0.3 is 5.97 Å². The molecular formula is C8H16N2O5. The number of rotatable bonds is 6. The summed E-state index contributed by atoms with van der Waals surface area (Å²) in [6.45, 7) is 1.25. The van der Waals surface area contributed by atoms with Crippen molar-refractivity contribution < 1.29 is 24.5 Å². The van der Waals surface area contributed by atoms with Crippen LogP contribution in [-0.2, 0) is 14.3 Å². The molecule has 0 aromatic heterocycles. The molecule has 0 heterocycles. The summed E-state index contributed by atoms with van der Waals surface area (Å²) < 4.78 is 4.63. The lowest BCUT2D eigenvalue weighted by Gasteiger charge is -2.19. The van der Waals surface area contributed by atoms with Crippen LogP contribution in [0.1, 0.15) is 6.92 Å². The van der Waals surface area contributed by atoms with Gasteiger partial charge in [-0.15, -0.1) is 0 Å². The minimum absolute atomic E-state index is 0.0159. The average molecular weight is 220 g/mol. The van der Waals surface area contributed by atoms with Crippen LogP contribution in [0.4, 0.5) is 0 Å². The molecule has 0 radical (unpaired) electrons. The van der Waals surface area contributed by atoms with Crippen LogP contribution in [0.15, 0.2) is 0 Å². The summed E-state index contributed by atoms with van der Waals surface area (Å²) >= 11 is 0. The van der Waals surface area contributed by atoms with Crippen LogP contribution < -0.4 is 11.1 Å². The van der Waals surface area contributed by atoms with Gasteiger partial charge in [0.2, 0.25) is 5.91 Å². The SMILES string of the molecule is COCC(N)C(=O)NC(C(=O)O)C(C)O. The molecule has 0 aliphatic carbocycles. The zero-order valence-corrected chi connectivity index (χ0v) is 8.64. The first kappa shape index (κ1) is 13.8. The van der Waals surface area contributed by atoms with Gasteiger partial charge in [-0.1, -0.05) is 0 Å². The van der Waals surface area contributed by atoms with Crippen molar-refractivity contribution in [3.63, 3.8) is 0 Å². The number of carbonyl (C=O) groups excluding carboxylic acids is 1. The number of carboxylic acid groups (broad SMARTS) is 1. The third-order valence-corrected chi connectivity index (χ3v) is 1.73. The van der Waals surface area contributed by atoms with Crippen molar-refractivity contribution in [3.05, 3.63) is 0 Å². The van der Waals surface area contributed by atoms with E-state index in [4.69, 9.17) is 15.9 Å². The number of aliphatic hydroxyl groups excluding tert-OH is 1. The Morgan fingerprint density at radius 2 is 2.07 bits per heavy atom. The standard InChI is InChI=1S/C8H16N2O5/c1-4(11)6(8(13)14)10-7(12)5(9)3-15-2/h4-6,11H,3,9H2,1-2H3,(H,10,12)(H,13,14). The Morgan fingerprint density at radius 3 is 2.40 bits per heavy atom. The molecule has 0 aromatic carbocycles. The van der Waals surface area contributed by atoms with Gasteiger partial charge in [-0.2, -0.15) is 0 Å². The van der Waals surface area contributed by atoms with E-state index in [1.807, 2.05) is 0 Å². The van der Waals surface area contributed by atoms with Gasteiger partial charge in [0.25, 0.3) is 0 Å². The summed E-state index contributed by atoms with van der Waals surface area (Å²) in [5, 5.41) is 19.8. The number of hydrogen-bond donors (Lipinski definition) is 4. The van der Waals surface area contributed by atoms with E-state index in [0.29, 0.717) is 0 Å². The smallest absolute Gasteiger partial charge is 0.328 e. The van der Waals surface area contributed by atoms with Crippen LogP contribution in [-0.4, -0.2) is 54.0 Å². The Morgan fingerprint density at radius 1 is 1.53 bits per heavy atom. The lowest BCUT2D eigenvalue weighted by Crippen LogP contribution is -2.53. The van der Waals surface area contributed by atoms with E-state index in [2.05, 4.69) is 10.1 Å². The van der Waals surface area contributed by atoms with Crippen molar-refractivity contribution in [2.24, 2.45) is 5.73 Å². The van der Waals surface area contributed by atoms with Gasteiger partial charge in [0, 0.05) is 7.11 Å². The minimum atomic E-state index is -1.36. The molecule has 0 saturated heterocycles. The van der Waals surface area contributed by atoms with Crippen molar-refractivity contribution in [3.8, 4) is 0 Å². The molecule has 0 saturated carbocycles. The lowest BCUT2D eigenvalue weighted by atomic mass is 10.1. The van der Waals surface area contributed by atoms with E-state index in [1.165, 1.54) is 14.0 Å². The Balaban J connectivity index is 4.29. The molecule has 0 rings (SSSR count). The van der Waals surface area contributed by atoms with Gasteiger partial charge in [0.05, 0.1) is 12.7 Å². The number of carbonyl (C=O) groups is 2. The molecule has 1 amide bonds. The number of carboxylic acids is 1. The molecule has 0 aromatic rings. The maximum atomic E-state index is 11.3. The van der Waals surface area contributed by atoms with Crippen molar-refractivity contribution in [1.82, 2.24) is 5.32 Å². The van der Waals surface area contributed by atoms with E-state index < -0.39 is 30.1 Å². The highest BCUT2D eigenvalue weighted by atomic mass is 16.5. The normalized spacial score (nSPS) is 16.5. The summed E-state index contributed by atoms with van der Waals surface area (Å²) in [6.07, 6.45) is -1.19. The van der Waals surface area contributed by atoms with E-state index in [0.717, 1.165) is 0 Å². The number of nitrogens with one attached hydrogen (secondary N) is 1. The Labute approximate surface area is 87.2 Å². The third-order valence-electron chi connectivity index (χ3n) is 1.73. The van der Waals surface area contributed by atoms with E-state index in [9.17, 15) is 9.59 Å². The summed E-state index contributed by atoms with van der Waals surface area (Å²) in [7, 11) is 1.37. The highest BCUT2D eigenvalue weighted by Crippen LogP contribution is 1.94. The first-order chi connectivity index (χ1) is 6.90. The quantitative estimate of drug-likeness (QED) is 0.407. The second-order valence-electron chi connectivity index (χ2n) is 3.13. The number of aliphatic hydroxyl groups is 1.